The number of benzene rings is 2. The molecule has 2 aromatic rings. The highest BCUT2D eigenvalue weighted by Gasteiger charge is 2.42. The first-order valence-corrected chi connectivity index (χ1v) is 10.5. The number of anilines is 2. The van der Waals surface area contributed by atoms with Crippen molar-refractivity contribution in [3.8, 4) is 5.75 Å². The summed E-state index contributed by atoms with van der Waals surface area (Å²) in [6.07, 6.45) is 0. The number of methoxy groups -OCH3 is 1. The predicted molar refractivity (Wildman–Crippen MR) is 108 cm³/mol. The van der Waals surface area contributed by atoms with Gasteiger partial charge < -0.3 is 10.1 Å². The zero-order valence-corrected chi connectivity index (χ0v) is 17.2. The van der Waals surface area contributed by atoms with Gasteiger partial charge in [-0.25, -0.2) is 12.7 Å². The minimum absolute atomic E-state index is 0.0219. The van der Waals surface area contributed by atoms with E-state index in [0.717, 1.165) is 4.31 Å². The second-order valence-electron chi connectivity index (χ2n) is 6.25. The Morgan fingerprint density at radius 1 is 1.18 bits per heavy atom. The van der Waals surface area contributed by atoms with E-state index in [0.29, 0.717) is 16.5 Å². The maximum atomic E-state index is 12.7. The number of nitrogens with one attached hydrogen (secondary N) is 1. The predicted octanol–water partition coefficient (Wildman–Crippen LogP) is 3.57. The van der Waals surface area contributed by atoms with Gasteiger partial charge in [-0.05, 0) is 36.4 Å². The Morgan fingerprint density at radius 2 is 1.89 bits per heavy atom. The highest BCUT2D eigenvalue weighted by Crippen LogP contribution is 2.32. The van der Waals surface area contributed by atoms with Crippen LogP contribution < -0.4 is 14.4 Å². The van der Waals surface area contributed by atoms with Crippen LogP contribution in [0.2, 0.25) is 10.0 Å². The van der Waals surface area contributed by atoms with Gasteiger partial charge in [0.15, 0.2) is 0 Å². The van der Waals surface area contributed by atoms with Crippen molar-refractivity contribution in [1.82, 2.24) is 0 Å². The topological polar surface area (TPSA) is 92.8 Å². The van der Waals surface area contributed by atoms with E-state index in [1.165, 1.54) is 38.3 Å². The lowest BCUT2D eigenvalue weighted by Gasteiger charge is -2.17. The maximum absolute atomic E-state index is 12.7. The molecule has 0 aliphatic carbocycles. The third-order valence-electron chi connectivity index (χ3n) is 4.20. The Balaban J connectivity index is 1.92. The van der Waals surface area contributed by atoms with E-state index >= 15 is 0 Å². The molecule has 1 saturated heterocycles. The van der Waals surface area contributed by atoms with Crippen molar-refractivity contribution < 1.29 is 22.7 Å². The number of halogens is 2. The number of rotatable bonds is 4. The minimum Gasteiger partial charge on any atom is -0.495 e. The zero-order valence-electron chi connectivity index (χ0n) is 14.9. The molecule has 1 heterocycles. The molecule has 1 fully saturated rings. The average Bonchev–Trinajstić information content (AvgIpc) is 2.83. The molecule has 1 unspecified atom stereocenters. The Labute approximate surface area is 172 Å². The first-order valence-electron chi connectivity index (χ1n) is 8.15. The van der Waals surface area contributed by atoms with E-state index < -0.39 is 27.8 Å². The molecule has 0 radical (unpaired) electrons. The molecule has 0 aromatic heterocycles. The van der Waals surface area contributed by atoms with Crippen molar-refractivity contribution in [3.05, 3.63) is 52.0 Å². The largest absolute Gasteiger partial charge is 0.495 e. The summed E-state index contributed by atoms with van der Waals surface area (Å²) >= 11 is 12.2. The van der Waals surface area contributed by atoms with E-state index in [-0.39, 0.29) is 22.0 Å². The van der Waals surface area contributed by atoms with Gasteiger partial charge in [-0.15, -0.1) is 0 Å². The zero-order chi connectivity index (χ0) is 20.6. The standard InChI is InChI=1S/C18H16Cl2N2O5S/c1-10-9-28(25,26)22(18(10)24)12-4-5-14(19)13(8-12)17(23)21-11-3-6-16(27-2)15(20)7-11/h3-8,10H,9H2,1-2H3,(H,21,23). The Hall–Kier alpha value is -2.29. The fourth-order valence-electron chi connectivity index (χ4n) is 2.84. The Kier molecular flexibility index (Phi) is 5.56. The quantitative estimate of drug-likeness (QED) is 0.780. The first-order chi connectivity index (χ1) is 13.1. The number of nitrogens with zero attached hydrogens (tertiary/aromatic N) is 1. The third kappa shape index (κ3) is 3.80. The lowest BCUT2D eigenvalue weighted by atomic mass is 10.1. The molecule has 0 saturated carbocycles. The van der Waals surface area contributed by atoms with Crippen molar-refractivity contribution in [1.29, 1.82) is 0 Å². The van der Waals surface area contributed by atoms with Crippen molar-refractivity contribution >= 4 is 56.4 Å². The van der Waals surface area contributed by atoms with Crippen LogP contribution in [0.4, 0.5) is 11.4 Å². The second-order valence-corrected chi connectivity index (χ2v) is 8.93. The maximum Gasteiger partial charge on any atom is 0.257 e. The van der Waals surface area contributed by atoms with Gasteiger partial charge in [0.1, 0.15) is 5.75 Å². The number of carbonyl (C=O) groups excluding carboxylic acids is 2. The highest BCUT2D eigenvalue weighted by atomic mass is 35.5. The lowest BCUT2D eigenvalue weighted by molar-refractivity contribution is -0.119. The summed E-state index contributed by atoms with van der Waals surface area (Å²) in [5.41, 5.74) is 0.487. The van der Waals surface area contributed by atoms with Gasteiger partial charge in [-0.3, -0.25) is 9.59 Å². The van der Waals surface area contributed by atoms with Crippen LogP contribution in [0.15, 0.2) is 36.4 Å². The van der Waals surface area contributed by atoms with Crippen LogP contribution in [-0.4, -0.2) is 33.1 Å². The van der Waals surface area contributed by atoms with Crippen LogP contribution in [0.1, 0.15) is 17.3 Å². The SMILES string of the molecule is COc1ccc(NC(=O)c2cc(N3C(=O)C(C)CS3(=O)=O)ccc2Cl)cc1Cl. The van der Waals surface area contributed by atoms with Crippen LogP contribution in [-0.2, 0) is 14.8 Å². The number of hydrogen-bond donors (Lipinski definition) is 1. The van der Waals surface area contributed by atoms with Gasteiger partial charge in [0.25, 0.3) is 5.91 Å². The molecule has 2 amide bonds. The van der Waals surface area contributed by atoms with E-state index in [9.17, 15) is 18.0 Å². The molecule has 10 heteroatoms. The van der Waals surface area contributed by atoms with Crippen LogP contribution in [0, 0.1) is 5.92 Å². The number of amides is 2. The number of hydrogen-bond acceptors (Lipinski definition) is 5. The second kappa shape index (κ2) is 7.62. The molecule has 0 spiro atoms. The lowest BCUT2D eigenvalue weighted by Crippen LogP contribution is -2.30. The summed E-state index contributed by atoms with van der Waals surface area (Å²) in [5, 5.41) is 3.05. The van der Waals surface area contributed by atoms with Gasteiger partial charge in [0.05, 0.1) is 40.1 Å². The molecule has 2 aromatic carbocycles. The van der Waals surface area contributed by atoms with E-state index in [2.05, 4.69) is 5.32 Å². The summed E-state index contributed by atoms with van der Waals surface area (Å²) in [5.74, 6) is -1.60. The third-order valence-corrected chi connectivity index (χ3v) is 6.69. The fourth-order valence-corrected chi connectivity index (χ4v) is 5.12. The Morgan fingerprint density at radius 3 is 2.46 bits per heavy atom. The molecule has 148 valence electrons. The van der Waals surface area contributed by atoms with Crippen molar-refractivity contribution in [3.63, 3.8) is 0 Å². The highest BCUT2D eigenvalue weighted by molar-refractivity contribution is 7.94. The van der Waals surface area contributed by atoms with Crippen molar-refractivity contribution in [2.24, 2.45) is 5.92 Å². The number of sulfonamides is 1. The molecule has 28 heavy (non-hydrogen) atoms. The van der Waals surface area contributed by atoms with Gasteiger partial charge in [-0.2, -0.15) is 0 Å². The number of carbonyl (C=O) groups is 2. The Bertz CT molecular complexity index is 1070. The molecule has 1 aliphatic heterocycles. The number of ether oxygens (including phenoxy) is 1. The molecule has 7 nitrogen and oxygen atoms in total. The van der Waals surface area contributed by atoms with E-state index in [1.54, 1.807) is 12.1 Å². The van der Waals surface area contributed by atoms with Crippen LogP contribution in [0.3, 0.4) is 0 Å². The summed E-state index contributed by atoms with van der Waals surface area (Å²) < 4.78 is 30.3. The smallest absolute Gasteiger partial charge is 0.257 e. The summed E-state index contributed by atoms with van der Waals surface area (Å²) in [6, 6.07) is 8.72. The molecular formula is C18H16Cl2N2O5S. The molecule has 1 N–H and O–H groups in total. The molecule has 0 bridgehead atoms. The summed E-state index contributed by atoms with van der Waals surface area (Å²) in [4.78, 5) is 24.9. The van der Waals surface area contributed by atoms with Gasteiger partial charge >= 0.3 is 0 Å². The monoisotopic (exact) mass is 442 g/mol. The van der Waals surface area contributed by atoms with E-state index in [4.69, 9.17) is 27.9 Å². The van der Waals surface area contributed by atoms with Crippen LogP contribution >= 0.6 is 23.2 Å². The van der Waals surface area contributed by atoms with Crippen LogP contribution in [0.5, 0.6) is 5.75 Å². The minimum atomic E-state index is -3.79. The van der Waals surface area contributed by atoms with Crippen molar-refractivity contribution in [2.75, 3.05) is 22.5 Å². The summed E-state index contributed by atoms with van der Waals surface area (Å²) in [7, 11) is -2.32. The van der Waals surface area contributed by atoms with Gasteiger partial charge in [0, 0.05) is 5.69 Å². The molecule has 1 aliphatic rings. The first kappa shape index (κ1) is 20.4. The average molecular weight is 443 g/mol. The van der Waals surface area contributed by atoms with E-state index in [1.807, 2.05) is 0 Å². The van der Waals surface area contributed by atoms with Gasteiger partial charge in [-0.1, -0.05) is 30.1 Å². The molecular weight excluding hydrogens is 427 g/mol. The summed E-state index contributed by atoms with van der Waals surface area (Å²) in [6.45, 7) is 1.54. The molecule has 3 rings (SSSR count). The normalized spacial score (nSPS) is 18.2. The molecule has 1 atom stereocenters. The van der Waals surface area contributed by atoms with Crippen molar-refractivity contribution in [2.45, 2.75) is 6.92 Å². The fraction of sp³-hybridized carbons (Fsp3) is 0.222. The van der Waals surface area contributed by atoms with Gasteiger partial charge in [0.2, 0.25) is 15.9 Å². The van der Waals surface area contributed by atoms with Crippen LogP contribution in [0.25, 0.3) is 0 Å².